The zero-order valence-corrected chi connectivity index (χ0v) is 17.7. The Labute approximate surface area is 169 Å². The van der Waals surface area contributed by atoms with Crippen molar-refractivity contribution >= 4 is 17.1 Å². The van der Waals surface area contributed by atoms with Gasteiger partial charge in [0.15, 0.2) is 0 Å². The van der Waals surface area contributed by atoms with E-state index in [1.807, 2.05) is 26.8 Å². The first-order valence-corrected chi connectivity index (χ1v) is 9.31. The molecule has 0 bridgehead atoms. The molecule has 8 nitrogen and oxygen atoms in total. The lowest BCUT2D eigenvalue weighted by Crippen LogP contribution is -2.31. The quantitative estimate of drug-likeness (QED) is 0.541. The summed E-state index contributed by atoms with van der Waals surface area (Å²) in [4.78, 5) is 24.3. The molecule has 0 spiro atoms. The Kier molecular flexibility index (Phi) is 4.77. The van der Waals surface area contributed by atoms with E-state index in [2.05, 4.69) is 0 Å². The minimum absolute atomic E-state index is 0.00673. The largest absolute Gasteiger partial charge is 0.486 e. The molecule has 1 aliphatic heterocycles. The molecule has 0 saturated carbocycles. The zero-order valence-electron chi connectivity index (χ0n) is 17.7. The summed E-state index contributed by atoms with van der Waals surface area (Å²) < 4.78 is 6.26. The number of nitrogens with zero attached hydrogens (tertiary/aromatic N) is 3. The van der Waals surface area contributed by atoms with Gasteiger partial charge in [-0.3, -0.25) is 20.2 Å². The van der Waals surface area contributed by atoms with E-state index in [-0.39, 0.29) is 22.2 Å². The van der Waals surface area contributed by atoms with Gasteiger partial charge in [0.1, 0.15) is 17.0 Å². The predicted molar refractivity (Wildman–Crippen MR) is 111 cm³/mol. The van der Waals surface area contributed by atoms with Crippen LogP contribution in [0.15, 0.2) is 18.2 Å². The highest BCUT2D eigenvalue weighted by Gasteiger charge is 2.46. The molecule has 0 N–H and O–H groups in total. The van der Waals surface area contributed by atoms with Crippen LogP contribution in [0.1, 0.15) is 47.6 Å². The van der Waals surface area contributed by atoms with Gasteiger partial charge in [0, 0.05) is 42.4 Å². The van der Waals surface area contributed by atoms with Crippen molar-refractivity contribution in [2.24, 2.45) is 0 Å². The van der Waals surface area contributed by atoms with Crippen molar-refractivity contribution in [2.45, 2.75) is 46.1 Å². The maximum absolute atomic E-state index is 11.7. The molecule has 29 heavy (non-hydrogen) atoms. The smallest absolute Gasteiger partial charge is 0.292 e. The molecule has 0 fully saturated rings. The Hall–Kier alpha value is -3.16. The second-order valence-corrected chi connectivity index (χ2v) is 8.26. The monoisotopic (exact) mass is 399 g/mol. The van der Waals surface area contributed by atoms with Gasteiger partial charge in [-0.05, 0) is 46.2 Å². The van der Waals surface area contributed by atoms with Crippen molar-refractivity contribution in [2.75, 3.05) is 19.0 Å². The summed E-state index contributed by atoms with van der Waals surface area (Å²) >= 11 is 0. The fraction of sp³-hybridized carbons (Fsp3) is 0.429. The highest BCUT2D eigenvalue weighted by molar-refractivity contribution is 5.69. The molecule has 0 amide bonds. The Bertz CT molecular complexity index is 1040. The second kappa shape index (κ2) is 6.72. The topological polar surface area (TPSA) is 98.8 Å². The average molecular weight is 399 g/mol. The van der Waals surface area contributed by atoms with E-state index in [9.17, 15) is 20.2 Å². The minimum Gasteiger partial charge on any atom is -0.486 e. The third kappa shape index (κ3) is 3.08. The van der Waals surface area contributed by atoms with Gasteiger partial charge in [0.25, 0.3) is 11.4 Å². The second-order valence-electron chi connectivity index (χ2n) is 8.26. The van der Waals surface area contributed by atoms with Gasteiger partial charge in [-0.2, -0.15) is 0 Å². The number of rotatable bonds is 4. The molecule has 0 aromatic heterocycles. The van der Waals surface area contributed by atoms with E-state index in [4.69, 9.17) is 4.74 Å². The normalized spacial score (nSPS) is 16.9. The van der Waals surface area contributed by atoms with E-state index in [0.717, 1.165) is 11.1 Å². The average Bonchev–Trinajstić information content (AvgIpc) is 2.90. The van der Waals surface area contributed by atoms with Crippen molar-refractivity contribution < 1.29 is 14.6 Å². The van der Waals surface area contributed by atoms with Gasteiger partial charge >= 0.3 is 0 Å². The Morgan fingerprint density at radius 3 is 2.14 bits per heavy atom. The number of ether oxygens (including phenoxy) is 1. The van der Waals surface area contributed by atoms with E-state index in [0.29, 0.717) is 28.1 Å². The number of nitro groups is 2. The maximum atomic E-state index is 11.7. The van der Waals surface area contributed by atoms with Gasteiger partial charge in [-0.25, -0.2) is 0 Å². The van der Waals surface area contributed by atoms with Crippen LogP contribution in [0, 0.1) is 41.0 Å². The van der Waals surface area contributed by atoms with Gasteiger partial charge in [-0.15, -0.1) is 0 Å². The summed E-state index contributed by atoms with van der Waals surface area (Å²) in [6.45, 7) is 9.08. The molecular weight excluding hydrogens is 374 g/mol. The number of nitro benzene ring substituents is 2. The van der Waals surface area contributed by atoms with Crippen LogP contribution in [0.25, 0.3) is 0 Å². The first-order chi connectivity index (χ1) is 13.4. The predicted octanol–water partition coefficient (Wildman–Crippen LogP) is 4.80. The molecule has 0 radical (unpaired) electrons. The Morgan fingerprint density at radius 2 is 1.62 bits per heavy atom. The SMILES string of the molecule is Cc1c(C)c([N+](=O)[O-])c(C)c2c1OC(C)(C)C2c1ccc(N(C)C)c([N+](=O)[O-])c1. The third-order valence-electron chi connectivity index (χ3n) is 5.81. The summed E-state index contributed by atoms with van der Waals surface area (Å²) in [5.74, 6) is 0.269. The minimum atomic E-state index is -0.715. The molecule has 0 aliphatic carbocycles. The van der Waals surface area contributed by atoms with Gasteiger partial charge < -0.3 is 9.64 Å². The molecule has 1 heterocycles. The maximum Gasteiger partial charge on any atom is 0.292 e. The summed E-state index contributed by atoms with van der Waals surface area (Å²) in [5.41, 5.74) is 3.14. The van der Waals surface area contributed by atoms with E-state index in [1.165, 1.54) is 0 Å². The molecular formula is C21H25N3O5. The Morgan fingerprint density at radius 1 is 1.00 bits per heavy atom. The first kappa shape index (κ1) is 20.6. The lowest BCUT2D eigenvalue weighted by molar-refractivity contribution is -0.386. The van der Waals surface area contributed by atoms with Crippen LogP contribution in [-0.4, -0.2) is 29.5 Å². The van der Waals surface area contributed by atoms with Crippen LogP contribution in [0.3, 0.4) is 0 Å². The van der Waals surface area contributed by atoms with Crippen LogP contribution < -0.4 is 9.64 Å². The first-order valence-electron chi connectivity index (χ1n) is 9.31. The molecule has 154 valence electrons. The molecule has 3 rings (SSSR count). The number of fused-ring (bicyclic) bond motifs is 1. The number of hydrogen-bond acceptors (Lipinski definition) is 6. The summed E-state index contributed by atoms with van der Waals surface area (Å²) in [6.07, 6.45) is 0. The highest BCUT2D eigenvalue weighted by Crippen LogP contribution is 2.54. The summed E-state index contributed by atoms with van der Waals surface area (Å²) in [6, 6.07) is 5.11. The number of benzene rings is 2. The van der Waals surface area contributed by atoms with Gasteiger partial charge in [0.05, 0.1) is 15.8 Å². The zero-order chi connectivity index (χ0) is 21.8. The van der Waals surface area contributed by atoms with Crippen molar-refractivity contribution in [1.29, 1.82) is 0 Å². The fourth-order valence-electron chi connectivity index (χ4n) is 4.36. The van der Waals surface area contributed by atoms with Crippen molar-refractivity contribution in [3.8, 4) is 5.75 Å². The molecule has 1 atom stereocenters. The molecule has 8 heteroatoms. The van der Waals surface area contributed by atoms with Crippen LogP contribution in [0.4, 0.5) is 17.1 Å². The molecule has 1 unspecified atom stereocenters. The van der Waals surface area contributed by atoms with Crippen molar-refractivity contribution in [3.63, 3.8) is 0 Å². The summed E-state index contributed by atoms with van der Waals surface area (Å²) in [5, 5.41) is 23.4. The van der Waals surface area contributed by atoms with Gasteiger partial charge in [0.2, 0.25) is 0 Å². The van der Waals surface area contributed by atoms with Crippen molar-refractivity contribution in [1.82, 2.24) is 0 Å². The molecule has 2 aromatic rings. The van der Waals surface area contributed by atoms with Crippen LogP contribution in [-0.2, 0) is 0 Å². The highest BCUT2D eigenvalue weighted by atomic mass is 16.6. The third-order valence-corrected chi connectivity index (χ3v) is 5.81. The molecule has 1 aliphatic rings. The van der Waals surface area contributed by atoms with Crippen LogP contribution >= 0.6 is 0 Å². The Balaban J connectivity index is 2.32. The van der Waals surface area contributed by atoms with Crippen LogP contribution in [0.2, 0.25) is 0 Å². The fourth-order valence-corrected chi connectivity index (χ4v) is 4.36. The lowest BCUT2D eigenvalue weighted by atomic mass is 9.78. The summed E-state index contributed by atoms with van der Waals surface area (Å²) in [7, 11) is 3.50. The van der Waals surface area contributed by atoms with E-state index >= 15 is 0 Å². The lowest BCUT2D eigenvalue weighted by Gasteiger charge is -2.27. The van der Waals surface area contributed by atoms with Crippen LogP contribution in [0.5, 0.6) is 5.75 Å². The van der Waals surface area contributed by atoms with E-state index < -0.39 is 10.5 Å². The standard InChI is InChI=1S/C21H25N3O5/c1-11-12(2)20-17(13(3)19(11)24(27)28)18(21(4,5)29-20)14-8-9-15(22(6)7)16(10-14)23(25)26/h8-10,18H,1-7H3. The molecule has 2 aromatic carbocycles. The van der Waals surface area contributed by atoms with Crippen molar-refractivity contribution in [3.05, 3.63) is 66.2 Å². The van der Waals surface area contributed by atoms with Gasteiger partial charge in [-0.1, -0.05) is 6.07 Å². The van der Waals surface area contributed by atoms with E-state index in [1.54, 1.807) is 45.0 Å². The number of anilines is 1. The molecule has 0 saturated heterocycles. The number of hydrogen-bond donors (Lipinski definition) is 0.